The molecule has 1 aliphatic heterocycles. The number of piperidine rings is 1. The van der Waals surface area contributed by atoms with E-state index >= 15 is 0 Å². The third-order valence-electron chi connectivity index (χ3n) is 2.78. The van der Waals surface area contributed by atoms with Crippen LogP contribution in [-0.4, -0.2) is 41.0 Å². The van der Waals surface area contributed by atoms with Gasteiger partial charge in [-0.1, -0.05) is 6.42 Å². The van der Waals surface area contributed by atoms with Gasteiger partial charge in [-0.05, 0) is 48.5 Å². The van der Waals surface area contributed by atoms with E-state index in [-0.39, 0.29) is 0 Å². The second-order valence-electron chi connectivity index (χ2n) is 4.05. The first-order valence-electron chi connectivity index (χ1n) is 5.78. The molecule has 0 atom stereocenters. The summed E-state index contributed by atoms with van der Waals surface area (Å²) < 4.78 is 1.07. The molecular formula is C11H17IN4. The van der Waals surface area contributed by atoms with Crippen molar-refractivity contribution in [2.24, 2.45) is 0 Å². The van der Waals surface area contributed by atoms with Crippen molar-refractivity contribution in [3.05, 3.63) is 16.0 Å². The lowest BCUT2D eigenvalue weighted by molar-refractivity contribution is 0.237. The molecule has 1 saturated heterocycles. The third kappa shape index (κ3) is 3.86. The van der Waals surface area contributed by atoms with E-state index in [0.29, 0.717) is 0 Å². The Morgan fingerprint density at radius 1 is 1.19 bits per heavy atom. The van der Waals surface area contributed by atoms with E-state index < -0.39 is 0 Å². The fourth-order valence-electron chi connectivity index (χ4n) is 1.91. The number of rotatable bonds is 4. The molecule has 16 heavy (non-hydrogen) atoms. The lowest BCUT2D eigenvalue weighted by atomic mass is 10.1. The van der Waals surface area contributed by atoms with Crippen molar-refractivity contribution < 1.29 is 0 Å². The van der Waals surface area contributed by atoms with Gasteiger partial charge in [-0.3, -0.25) is 0 Å². The van der Waals surface area contributed by atoms with E-state index in [4.69, 9.17) is 0 Å². The molecule has 0 amide bonds. The topological polar surface area (TPSA) is 41.1 Å². The van der Waals surface area contributed by atoms with Crippen LogP contribution < -0.4 is 5.32 Å². The van der Waals surface area contributed by atoms with Gasteiger partial charge in [0.1, 0.15) is 0 Å². The Hall–Kier alpha value is -0.430. The summed E-state index contributed by atoms with van der Waals surface area (Å²) in [6, 6.07) is 0. The SMILES string of the molecule is Ic1cnc(NCCN2CCCCC2)nc1. The quantitative estimate of drug-likeness (QED) is 0.856. The maximum atomic E-state index is 4.21. The van der Waals surface area contributed by atoms with Crippen LogP contribution in [-0.2, 0) is 0 Å². The summed E-state index contributed by atoms with van der Waals surface area (Å²) in [5, 5.41) is 3.25. The minimum atomic E-state index is 0.734. The van der Waals surface area contributed by atoms with Gasteiger partial charge in [0.2, 0.25) is 5.95 Å². The van der Waals surface area contributed by atoms with Gasteiger partial charge in [-0.25, -0.2) is 9.97 Å². The highest BCUT2D eigenvalue weighted by Gasteiger charge is 2.08. The summed E-state index contributed by atoms with van der Waals surface area (Å²) in [4.78, 5) is 10.9. The van der Waals surface area contributed by atoms with Crippen molar-refractivity contribution in [2.45, 2.75) is 19.3 Å². The van der Waals surface area contributed by atoms with E-state index in [2.05, 4.69) is 42.8 Å². The minimum Gasteiger partial charge on any atom is -0.353 e. The number of hydrogen-bond acceptors (Lipinski definition) is 4. The van der Waals surface area contributed by atoms with Crippen LogP contribution in [0.1, 0.15) is 19.3 Å². The summed E-state index contributed by atoms with van der Waals surface area (Å²) >= 11 is 2.21. The van der Waals surface area contributed by atoms with E-state index in [1.165, 1.54) is 32.4 Å². The zero-order chi connectivity index (χ0) is 11.2. The molecule has 0 aliphatic carbocycles. The smallest absolute Gasteiger partial charge is 0.222 e. The van der Waals surface area contributed by atoms with E-state index in [1.807, 2.05) is 12.4 Å². The molecule has 0 radical (unpaired) electrons. The van der Waals surface area contributed by atoms with Crippen LogP contribution in [0.2, 0.25) is 0 Å². The summed E-state index contributed by atoms with van der Waals surface area (Å²) in [7, 11) is 0. The molecule has 1 fully saturated rings. The maximum absolute atomic E-state index is 4.21. The average molecular weight is 332 g/mol. The molecule has 0 bridgehead atoms. The van der Waals surface area contributed by atoms with Crippen molar-refractivity contribution >= 4 is 28.5 Å². The molecule has 88 valence electrons. The molecule has 4 nitrogen and oxygen atoms in total. The number of likely N-dealkylation sites (tertiary alicyclic amines) is 1. The number of hydrogen-bond donors (Lipinski definition) is 1. The van der Waals surface area contributed by atoms with Gasteiger partial charge in [-0.15, -0.1) is 0 Å². The van der Waals surface area contributed by atoms with Crippen LogP contribution in [0, 0.1) is 3.57 Å². The van der Waals surface area contributed by atoms with Crippen molar-refractivity contribution in [2.75, 3.05) is 31.5 Å². The van der Waals surface area contributed by atoms with Gasteiger partial charge in [0.25, 0.3) is 0 Å². The van der Waals surface area contributed by atoms with E-state index in [0.717, 1.165) is 22.6 Å². The van der Waals surface area contributed by atoms with Gasteiger partial charge in [0.15, 0.2) is 0 Å². The first-order valence-corrected chi connectivity index (χ1v) is 6.86. The Bertz CT molecular complexity index is 308. The first-order chi connectivity index (χ1) is 7.84. The fourth-order valence-corrected chi connectivity index (χ4v) is 2.19. The van der Waals surface area contributed by atoms with E-state index in [1.54, 1.807) is 0 Å². The zero-order valence-electron chi connectivity index (χ0n) is 9.32. The second-order valence-corrected chi connectivity index (χ2v) is 5.30. The number of aromatic nitrogens is 2. The average Bonchev–Trinajstić information content (AvgIpc) is 2.33. The predicted octanol–water partition coefficient (Wildman–Crippen LogP) is 1.98. The van der Waals surface area contributed by atoms with Crippen molar-refractivity contribution in [1.82, 2.24) is 14.9 Å². The normalized spacial score (nSPS) is 17.3. The van der Waals surface area contributed by atoms with Gasteiger partial charge >= 0.3 is 0 Å². The highest BCUT2D eigenvalue weighted by atomic mass is 127. The Morgan fingerprint density at radius 2 is 1.88 bits per heavy atom. The van der Waals surface area contributed by atoms with Crippen LogP contribution in [0.3, 0.4) is 0 Å². The fraction of sp³-hybridized carbons (Fsp3) is 0.636. The Kier molecular flexibility index (Phi) is 4.77. The highest BCUT2D eigenvalue weighted by molar-refractivity contribution is 14.1. The molecule has 0 saturated carbocycles. The predicted molar refractivity (Wildman–Crippen MR) is 73.5 cm³/mol. The van der Waals surface area contributed by atoms with Gasteiger partial charge < -0.3 is 10.2 Å². The molecule has 2 heterocycles. The van der Waals surface area contributed by atoms with Gasteiger partial charge in [0.05, 0.1) is 0 Å². The molecule has 5 heteroatoms. The largest absolute Gasteiger partial charge is 0.353 e. The first kappa shape index (κ1) is 12.0. The monoisotopic (exact) mass is 332 g/mol. The Balaban J connectivity index is 1.69. The molecular weight excluding hydrogens is 315 g/mol. The standard InChI is InChI=1S/C11H17IN4/c12-10-8-14-11(15-9-10)13-4-7-16-5-2-1-3-6-16/h8-9H,1-7H2,(H,13,14,15). The maximum Gasteiger partial charge on any atom is 0.222 e. The van der Waals surface area contributed by atoms with Crippen LogP contribution >= 0.6 is 22.6 Å². The molecule has 2 rings (SSSR count). The number of anilines is 1. The minimum absolute atomic E-state index is 0.734. The van der Waals surface area contributed by atoms with Gasteiger partial charge in [-0.2, -0.15) is 0 Å². The van der Waals surface area contributed by atoms with Crippen LogP contribution in [0.5, 0.6) is 0 Å². The van der Waals surface area contributed by atoms with Crippen molar-refractivity contribution in [3.8, 4) is 0 Å². The number of nitrogens with one attached hydrogen (secondary N) is 1. The summed E-state index contributed by atoms with van der Waals surface area (Å²) in [5.74, 6) is 0.734. The van der Waals surface area contributed by atoms with E-state index in [9.17, 15) is 0 Å². The zero-order valence-corrected chi connectivity index (χ0v) is 11.5. The molecule has 1 N–H and O–H groups in total. The van der Waals surface area contributed by atoms with Crippen LogP contribution in [0.15, 0.2) is 12.4 Å². The third-order valence-corrected chi connectivity index (χ3v) is 3.34. The summed E-state index contributed by atoms with van der Waals surface area (Å²) in [5.41, 5.74) is 0. The molecule has 0 unspecified atom stereocenters. The number of nitrogens with zero attached hydrogens (tertiary/aromatic N) is 3. The molecule has 1 aromatic rings. The summed E-state index contributed by atoms with van der Waals surface area (Å²) in [6.07, 6.45) is 7.75. The summed E-state index contributed by atoms with van der Waals surface area (Å²) in [6.45, 7) is 4.51. The Morgan fingerprint density at radius 3 is 2.56 bits per heavy atom. The van der Waals surface area contributed by atoms with Crippen molar-refractivity contribution in [1.29, 1.82) is 0 Å². The van der Waals surface area contributed by atoms with Crippen molar-refractivity contribution in [3.63, 3.8) is 0 Å². The van der Waals surface area contributed by atoms with Gasteiger partial charge in [0, 0.05) is 29.1 Å². The van der Waals surface area contributed by atoms with Crippen LogP contribution in [0.4, 0.5) is 5.95 Å². The number of halogens is 1. The highest BCUT2D eigenvalue weighted by Crippen LogP contribution is 2.08. The molecule has 0 aromatic carbocycles. The van der Waals surface area contributed by atoms with Crippen LogP contribution in [0.25, 0.3) is 0 Å². The molecule has 1 aliphatic rings. The lowest BCUT2D eigenvalue weighted by Gasteiger charge is -2.26. The molecule has 0 spiro atoms. The Labute approximate surface area is 110 Å². The lowest BCUT2D eigenvalue weighted by Crippen LogP contribution is -2.33. The molecule has 1 aromatic heterocycles. The second kappa shape index (κ2) is 6.34.